The van der Waals surface area contributed by atoms with E-state index in [9.17, 15) is 9.59 Å². The maximum absolute atomic E-state index is 11.7. The fraction of sp³-hybridized carbons (Fsp3) is 0.857. The highest BCUT2D eigenvalue weighted by atomic mass is 16.6. The molecule has 41 heavy (non-hydrogen) atoms. The Bertz CT molecular complexity index is 776. The summed E-state index contributed by atoms with van der Waals surface area (Å²) in [4.78, 5) is 23.2. The summed E-state index contributed by atoms with van der Waals surface area (Å²) in [5, 5.41) is 7.94. The molecule has 0 amide bonds. The molecule has 0 aliphatic heterocycles. The van der Waals surface area contributed by atoms with Crippen LogP contribution in [-0.2, 0) is 60.6 Å². The Morgan fingerprint density at radius 2 is 0.951 bits per heavy atom. The van der Waals surface area contributed by atoms with Crippen molar-refractivity contribution in [1.82, 2.24) is 15.0 Å². The Hall–Kier alpha value is -1.84. The molecule has 0 bridgehead atoms. The first kappa shape index (κ1) is 37.2. The predicted molar refractivity (Wildman–Crippen MR) is 150 cm³/mol. The van der Waals surface area contributed by atoms with Gasteiger partial charge in [0.15, 0.2) is 5.78 Å². The number of carbonyl (C=O) groups is 2. The van der Waals surface area contributed by atoms with E-state index in [-0.39, 0.29) is 29.9 Å². The van der Waals surface area contributed by atoms with Crippen molar-refractivity contribution >= 4 is 11.6 Å². The number of Topliss-reactive ketones (excluding diaryl/α,β-unsaturated/α-hetero) is 2. The molecule has 0 unspecified atom stereocenters. The molecule has 0 fully saturated rings. The zero-order chi connectivity index (χ0) is 30.0. The SMILES string of the molecule is CC(C)C(=O)CCOCCOCCOCCOCCOCCOCCOCCOCc1cn(CC(=O)C(C)C)nn1. The van der Waals surface area contributed by atoms with Crippen LogP contribution in [0.5, 0.6) is 0 Å². The van der Waals surface area contributed by atoms with E-state index in [0.29, 0.717) is 118 Å². The quantitative estimate of drug-likeness (QED) is 0.121. The number of rotatable bonds is 30. The normalized spacial score (nSPS) is 11.7. The average molecular weight is 590 g/mol. The maximum Gasteiger partial charge on any atom is 0.156 e. The summed E-state index contributed by atoms with van der Waals surface area (Å²) in [6, 6.07) is 0. The zero-order valence-corrected chi connectivity index (χ0v) is 25.4. The van der Waals surface area contributed by atoms with Crippen molar-refractivity contribution < 1.29 is 47.5 Å². The smallest absolute Gasteiger partial charge is 0.156 e. The van der Waals surface area contributed by atoms with Crippen molar-refractivity contribution in [3.63, 3.8) is 0 Å². The van der Waals surface area contributed by atoms with Crippen LogP contribution in [0.2, 0.25) is 0 Å². The average Bonchev–Trinajstić information content (AvgIpc) is 3.39. The van der Waals surface area contributed by atoms with Gasteiger partial charge in [0.1, 0.15) is 18.0 Å². The van der Waals surface area contributed by atoms with E-state index in [4.69, 9.17) is 37.9 Å². The van der Waals surface area contributed by atoms with Crippen molar-refractivity contribution in [2.75, 3.05) is 99.1 Å². The van der Waals surface area contributed by atoms with E-state index in [0.717, 1.165) is 0 Å². The molecule has 1 aromatic rings. The molecule has 1 aromatic heterocycles. The van der Waals surface area contributed by atoms with E-state index in [1.807, 2.05) is 27.7 Å². The third kappa shape index (κ3) is 22.4. The first-order valence-electron chi connectivity index (χ1n) is 14.5. The Morgan fingerprint density at radius 1 is 0.585 bits per heavy atom. The molecular formula is C28H51N3O10. The second-order valence-electron chi connectivity index (χ2n) is 9.74. The topological polar surface area (TPSA) is 139 Å². The molecule has 0 atom stereocenters. The van der Waals surface area contributed by atoms with Crippen LogP contribution in [0.4, 0.5) is 0 Å². The molecule has 0 aliphatic rings. The van der Waals surface area contributed by atoms with E-state index < -0.39 is 0 Å². The molecule has 13 nitrogen and oxygen atoms in total. The summed E-state index contributed by atoms with van der Waals surface area (Å²) >= 11 is 0. The minimum Gasteiger partial charge on any atom is -0.379 e. The van der Waals surface area contributed by atoms with E-state index >= 15 is 0 Å². The molecule has 0 N–H and O–H groups in total. The highest BCUT2D eigenvalue weighted by Gasteiger charge is 2.10. The van der Waals surface area contributed by atoms with Crippen LogP contribution in [0.25, 0.3) is 0 Å². The second kappa shape index (κ2) is 25.8. The number of carbonyl (C=O) groups excluding carboxylic acids is 2. The van der Waals surface area contributed by atoms with Gasteiger partial charge in [0.2, 0.25) is 0 Å². The largest absolute Gasteiger partial charge is 0.379 e. The lowest BCUT2D eigenvalue weighted by molar-refractivity contribution is -0.123. The summed E-state index contributed by atoms with van der Waals surface area (Å²) < 4.78 is 45.1. The zero-order valence-electron chi connectivity index (χ0n) is 25.4. The molecule has 0 saturated heterocycles. The first-order valence-corrected chi connectivity index (χ1v) is 14.5. The first-order chi connectivity index (χ1) is 19.9. The van der Waals surface area contributed by atoms with Gasteiger partial charge in [0, 0.05) is 18.3 Å². The molecule has 0 spiro atoms. The van der Waals surface area contributed by atoms with Gasteiger partial charge in [0.25, 0.3) is 0 Å². The molecule has 0 aromatic carbocycles. The molecule has 0 radical (unpaired) electrons. The fourth-order valence-electron chi connectivity index (χ4n) is 3.00. The van der Waals surface area contributed by atoms with Crippen molar-refractivity contribution in [2.24, 2.45) is 11.8 Å². The predicted octanol–water partition coefficient (Wildman–Crippen LogP) is 1.75. The maximum atomic E-state index is 11.7. The summed E-state index contributed by atoms with van der Waals surface area (Å²) in [6.07, 6.45) is 2.17. The van der Waals surface area contributed by atoms with Gasteiger partial charge in [0.05, 0.1) is 112 Å². The Kier molecular flexibility index (Phi) is 23.4. The lowest BCUT2D eigenvalue weighted by Gasteiger charge is -2.09. The van der Waals surface area contributed by atoms with Crippen molar-refractivity contribution in [1.29, 1.82) is 0 Å². The summed E-state index contributed by atoms with van der Waals surface area (Å²) in [5.41, 5.74) is 0.677. The Morgan fingerprint density at radius 3 is 1.34 bits per heavy atom. The lowest BCUT2D eigenvalue weighted by atomic mass is 10.1. The van der Waals surface area contributed by atoms with Crippen LogP contribution in [0.3, 0.4) is 0 Å². The van der Waals surface area contributed by atoms with Gasteiger partial charge in [-0.1, -0.05) is 32.9 Å². The molecule has 1 rings (SSSR count). The Labute approximate surface area is 244 Å². The monoisotopic (exact) mass is 589 g/mol. The van der Waals surface area contributed by atoms with E-state index in [1.54, 1.807) is 6.20 Å². The third-order valence-corrected chi connectivity index (χ3v) is 5.54. The number of hydrogen-bond donors (Lipinski definition) is 0. The van der Waals surface area contributed by atoms with Gasteiger partial charge in [-0.25, -0.2) is 4.68 Å². The number of aromatic nitrogens is 3. The van der Waals surface area contributed by atoms with Crippen LogP contribution >= 0.6 is 0 Å². The fourth-order valence-corrected chi connectivity index (χ4v) is 3.00. The Balaban J connectivity index is 1.73. The summed E-state index contributed by atoms with van der Waals surface area (Å²) in [6.45, 7) is 15.2. The minimum atomic E-state index is -0.0280. The molecule has 238 valence electrons. The van der Waals surface area contributed by atoms with E-state index in [1.165, 1.54) is 4.68 Å². The van der Waals surface area contributed by atoms with Gasteiger partial charge in [-0.15, -0.1) is 5.10 Å². The number of nitrogens with zero attached hydrogens (tertiary/aromatic N) is 3. The molecule has 1 heterocycles. The summed E-state index contributed by atoms with van der Waals surface area (Å²) in [7, 11) is 0. The van der Waals surface area contributed by atoms with Crippen LogP contribution in [0.1, 0.15) is 39.8 Å². The third-order valence-electron chi connectivity index (χ3n) is 5.54. The van der Waals surface area contributed by atoms with Gasteiger partial charge >= 0.3 is 0 Å². The molecular weight excluding hydrogens is 538 g/mol. The summed E-state index contributed by atoms with van der Waals surface area (Å²) in [5.74, 6) is 0.359. The minimum absolute atomic E-state index is 0.0280. The number of hydrogen-bond acceptors (Lipinski definition) is 12. The standard InChI is InChI=1S/C28H51N3O10/c1-24(2)27(32)5-6-34-7-8-35-9-10-36-11-12-37-13-14-38-15-16-39-17-18-40-19-20-41-23-26-21-31(30-29-26)22-28(33)25(3)4/h21,24-25H,5-20,22-23H2,1-4H3. The van der Waals surface area contributed by atoms with Gasteiger partial charge in [-0.2, -0.15) is 0 Å². The second-order valence-corrected chi connectivity index (χ2v) is 9.74. The highest BCUT2D eigenvalue weighted by Crippen LogP contribution is 2.01. The van der Waals surface area contributed by atoms with Crippen LogP contribution < -0.4 is 0 Å². The van der Waals surface area contributed by atoms with Crippen molar-refractivity contribution in [3.8, 4) is 0 Å². The van der Waals surface area contributed by atoms with Gasteiger partial charge in [-0.3, -0.25) is 9.59 Å². The van der Waals surface area contributed by atoms with Crippen molar-refractivity contribution in [2.45, 2.75) is 47.3 Å². The van der Waals surface area contributed by atoms with Crippen LogP contribution in [0, 0.1) is 11.8 Å². The molecule has 13 heteroatoms. The van der Waals surface area contributed by atoms with E-state index in [2.05, 4.69) is 10.3 Å². The van der Waals surface area contributed by atoms with Crippen molar-refractivity contribution in [3.05, 3.63) is 11.9 Å². The number of ketones is 2. The van der Waals surface area contributed by atoms with Gasteiger partial charge in [-0.05, 0) is 0 Å². The highest BCUT2D eigenvalue weighted by molar-refractivity contribution is 5.80. The van der Waals surface area contributed by atoms with Crippen LogP contribution in [-0.4, -0.2) is 126 Å². The number of ether oxygens (including phenoxy) is 8. The molecule has 0 aliphatic carbocycles. The van der Waals surface area contributed by atoms with Crippen LogP contribution in [0.15, 0.2) is 6.20 Å². The van der Waals surface area contributed by atoms with Gasteiger partial charge < -0.3 is 37.9 Å². The lowest BCUT2D eigenvalue weighted by Crippen LogP contribution is -2.15. The molecule has 0 saturated carbocycles.